The molecule has 1 aromatic carbocycles. The molecule has 0 radical (unpaired) electrons. The van der Waals surface area contributed by atoms with Gasteiger partial charge in [0.15, 0.2) is 0 Å². The largest absolute Gasteiger partial charge is 0.214 e. The van der Waals surface area contributed by atoms with Gasteiger partial charge in [0.05, 0.1) is 5.75 Å². The summed E-state index contributed by atoms with van der Waals surface area (Å²) in [5.74, 6) is -0.0863. The molecule has 2 rings (SSSR count). The van der Waals surface area contributed by atoms with Crippen LogP contribution in [0.1, 0.15) is 38.2 Å². The highest BCUT2D eigenvalue weighted by Crippen LogP contribution is 2.31. The SMILES string of the molecule is CCCCS(=O)(=O)N(Cc1ccc(F)cc1)C1CC1. The molecule has 0 atom stereocenters. The molecular weight excluding hydrogens is 265 g/mol. The third kappa shape index (κ3) is 4.01. The van der Waals surface area contributed by atoms with Crippen molar-refractivity contribution < 1.29 is 12.8 Å². The fourth-order valence-electron chi connectivity index (χ4n) is 2.03. The second kappa shape index (κ2) is 6.01. The summed E-state index contributed by atoms with van der Waals surface area (Å²) in [6.45, 7) is 2.34. The predicted molar refractivity (Wildman–Crippen MR) is 73.7 cm³/mol. The van der Waals surface area contributed by atoms with Crippen molar-refractivity contribution in [3.8, 4) is 0 Å². The van der Waals surface area contributed by atoms with Crippen molar-refractivity contribution >= 4 is 10.0 Å². The lowest BCUT2D eigenvalue weighted by Crippen LogP contribution is -2.34. The van der Waals surface area contributed by atoms with Gasteiger partial charge in [-0.25, -0.2) is 12.8 Å². The lowest BCUT2D eigenvalue weighted by atomic mass is 10.2. The van der Waals surface area contributed by atoms with Crippen LogP contribution >= 0.6 is 0 Å². The van der Waals surface area contributed by atoms with Gasteiger partial charge in [-0.05, 0) is 37.0 Å². The van der Waals surface area contributed by atoms with Gasteiger partial charge in [0.2, 0.25) is 10.0 Å². The molecule has 0 aliphatic heterocycles. The lowest BCUT2D eigenvalue weighted by molar-refractivity contribution is 0.397. The molecule has 0 saturated heterocycles. The Morgan fingerprint density at radius 1 is 1.26 bits per heavy atom. The average Bonchev–Trinajstić information content (AvgIpc) is 3.20. The minimum atomic E-state index is -3.19. The van der Waals surface area contributed by atoms with Crippen molar-refractivity contribution in [2.45, 2.75) is 45.2 Å². The van der Waals surface area contributed by atoms with Crippen LogP contribution in [0.3, 0.4) is 0 Å². The van der Waals surface area contributed by atoms with E-state index in [9.17, 15) is 12.8 Å². The standard InChI is InChI=1S/C14H20FNO2S/c1-2-3-10-19(17,18)16(14-8-9-14)11-12-4-6-13(15)7-5-12/h4-7,14H,2-3,8-11H2,1H3. The summed E-state index contributed by atoms with van der Waals surface area (Å²) in [6.07, 6.45) is 3.43. The van der Waals surface area contributed by atoms with E-state index < -0.39 is 10.0 Å². The molecule has 1 fully saturated rings. The number of nitrogens with zero attached hydrogens (tertiary/aromatic N) is 1. The molecule has 0 bridgehead atoms. The van der Waals surface area contributed by atoms with Crippen molar-refractivity contribution in [1.29, 1.82) is 0 Å². The monoisotopic (exact) mass is 285 g/mol. The van der Waals surface area contributed by atoms with Crippen LogP contribution in [0, 0.1) is 5.82 Å². The predicted octanol–water partition coefficient (Wildman–Crippen LogP) is 2.92. The summed E-state index contributed by atoms with van der Waals surface area (Å²) < 4.78 is 39.0. The summed E-state index contributed by atoms with van der Waals surface area (Å²) >= 11 is 0. The van der Waals surface area contributed by atoms with Crippen molar-refractivity contribution in [3.63, 3.8) is 0 Å². The van der Waals surface area contributed by atoms with Gasteiger partial charge in [0, 0.05) is 12.6 Å². The summed E-state index contributed by atoms with van der Waals surface area (Å²) in [6, 6.07) is 6.20. The zero-order valence-electron chi connectivity index (χ0n) is 11.2. The van der Waals surface area contributed by atoms with Crippen LogP contribution in [0.5, 0.6) is 0 Å². The smallest absolute Gasteiger partial charge is 0.212 e. The molecule has 0 spiro atoms. The van der Waals surface area contributed by atoms with Gasteiger partial charge in [0.1, 0.15) is 5.82 Å². The summed E-state index contributed by atoms with van der Waals surface area (Å²) in [7, 11) is -3.19. The molecule has 1 saturated carbocycles. The van der Waals surface area contributed by atoms with Crippen LogP contribution in [0.2, 0.25) is 0 Å². The van der Waals surface area contributed by atoms with E-state index in [1.807, 2.05) is 6.92 Å². The van der Waals surface area contributed by atoms with E-state index in [-0.39, 0.29) is 17.6 Å². The first-order valence-corrected chi connectivity index (χ1v) is 8.38. The zero-order valence-corrected chi connectivity index (χ0v) is 12.0. The van der Waals surface area contributed by atoms with Gasteiger partial charge in [-0.15, -0.1) is 0 Å². The van der Waals surface area contributed by atoms with Crippen LogP contribution in [0.4, 0.5) is 4.39 Å². The molecule has 1 aliphatic rings. The van der Waals surface area contributed by atoms with Crippen LogP contribution in [-0.4, -0.2) is 24.5 Å². The topological polar surface area (TPSA) is 37.4 Å². The Bertz CT molecular complexity index is 509. The molecular formula is C14H20FNO2S. The van der Waals surface area contributed by atoms with E-state index >= 15 is 0 Å². The Labute approximate surface area is 114 Å². The van der Waals surface area contributed by atoms with Gasteiger partial charge in [-0.3, -0.25) is 0 Å². The third-order valence-corrected chi connectivity index (χ3v) is 5.27. The molecule has 19 heavy (non-hydrogen) atoms. The number of halogens is 1. The Balaban J connectivity index is 2.10. The van der Waals surface area contributed by atoms with Crippen molar-refractivity contribution in [2.24, 2.45) is 0 Å². The average molecular weight is 285 g/mol. The highest BCUT2D eigenvalue weighted by molar-refractivity contribution is 7.89. The van der Waals surface area contributed by atoms with Crippen LogP contribution in [-0.2, 0) is 16.6 Å². The van der Waals surface area contributed by atoms with E-state index in [1.165, 1.54) is 12.1 Å². The maximum atomic E-state index is 12.9. The first-order chi connectivity index (χ1) is 9.03. The van der Waals surface area contributed by atoms with Crippen molar-refractivity contribution in [1.82, 2.24) is 4.31 Å². The molecule has 0 unspecified atom stereocenters. The number of sulfonamides is 1. The van der Waals surface area contributed by atoms with Gasteiger partial charge in [0.25, 0.3) is 0 Å². The Morgan fingerprint density at radius 2 is 1.89 bits per heavy atom. The van der Waals surface area contributed by atoms with Gasteiger partial charge < -0.3 is 0 Å². The summed E-state index contributed by atoms with van der Waals surface area (Å²) in [5, 5.41) is 0. The number of unbranched alkanes of at least 4 members (excludes halogenated alkanes) is 1. The van der Waals surface area contributed by atoms with Gasteiger partial charge in [-0.2, -0.15) is 4.31 Å². The number of rotatable bonds is 7. The lowest BCUT2D eigenvalue weighted by Gasteiger charge is -2.22. The van der Waals surface area contributed by atoms with Crippen LogP contribution < -0.4 is 0 Å². The van der Waals surface area contributed by atoms with E-state index in [2.05, 4.69) is 0 Å². The molecule has 0 N–H and O–H groups in total. The normalized spacial score (nSPS) is 15.9. The minimum Gasteiger partial charge on any atom is -0.212 e. The highest BCUT2D eigenvalue weighted by atomic mass is 32.2. The van der Waals surface area contributed by atoms with Gasteiger partial charge in [-0.1, -0.05) is 25.5 Å². The quantitative estimate of drug-likeness (QED) is 0.772. The Kier molecular flexibility index (Phi) is 4.58. The van der Waals surface area contributed by atoms with Crippen LogP contribution in [0.25, 0.3) is 0 Å². The summed E-state index contributed by atoms with van der Waals surface area (Å²) in [5.41, 5.74) is 0.841. The second-order valence-corrected chi connectivity index (χ2v) is 7.11. The summed E-state index contributed by atoms with van der Waals surface area (Å²) in [4.78, 5) is 0. The van der Waals surface area contributed by atoms with Crippen molar-refractivity contribution in [2.75, 3.05) is 5.75 Å². The highest BCUT2D eigenvalue weighted by Gasteiger charge is 2.36. The molecule has 0 amide bonds. The third-order valence-electron chi connectivity index (χ3n) is 3.32. The Morgan fingerprint density at radius 3 is 2.42 bits per heavy atom. The minimum absolute atomic E-state index is 0.145. The van der Waals surface area contributed by atoms with Gasteiger partial charge >= 0.3 is 0 Å². The first-order valence-electron chi connectivity index (χ1n) is 6.77. The van der Waals surface area contributed by atoms with E-state index in [0.717, 1.165) is 24.8 Å². The van der Waals surface area contributed by atoms with E-state index in [1.54, 1.807) is 16.4 Å². The molecule has 0 heterocycles. The number of benzene rings is 1. The van der Waals surface area contributed by atoms with E-state index in [0.29, 0.717) is 13.0 Å². The maximum Gasteiger partial charge on any atom is 0.214 e. The van der Waals surface area contributed by atoms with E-state index in [4.69, 9.17) is 0 Å². The molecule has 0 aromatic heterocycles. The zero-order chi connectivity index (χ0) is 13.9. The second-order valence-electron chi connectivity index (χ2n) is 5.07. The number of hydrogen-bond donors (Lipinski definition) is 0. The first kappa shape index (κ1) is 14.5. The molecule has 1 aliphatic carbocycles. The molecule has 5 heteroatoms. The molecule has 106 valence electrons. The molecule has 3 nitrogen and oxygen atoms in total. The van der Waals surface area contributed by atoms with Crippen LogP contribution in [0.15, 0.2) is 24.3 Å². The fourth-order valence-corrected chi connectivity index (χ4v) is 3.93. The van der Waals surface area contributed by atoms with Crippen molar-refractivity contribution in [3.05, 3.63) is 35.6 Å². The maximum absolute atomic E-state index is 12.9. The Hall–Kier alpha value is -0.940. The molecule has 1 aromatic rings. The fraction of sp³-hybridized carbons (Fsp3) is 0.571. The number of hydrogen-bond acceptors (Lipinski definition) is 2.